The van der Waals surface area contributed by atoms with Crippen LogP contribution in [0.15, 0.2) is 91.0 Å². The maximum absolute atomic E-state index is 12.5. The Labute approximate surface area is 142 Å². The van der Waals surface area contributed by atoms with Gasteiger partial charge in [0.2, 0.25) is 0 Å². The van der Waals surface area contributed by atoms with Gasteiger partial charge in [-0.1, -0.05) is 103 Å². The van der Waals surface area contributed by atoms with E-state index in [0.29, 0.717) is 5.56 Å². The molecule has 0 aliphatic rings. The summed E-state index contributed by atoms with van der Waals surface area (Å²) >= 11 is 0. The molecule has 1 nitrogen and oxygen atoms in total. The fourth-order valence-corrected chi connectivity index (χ4v) is 2.44. The van der Waals surface area contributed by atoms with Crippen LogP contribution in [0.4, 0.5) is 0 Å². The number of allylic oxidation sites excluding steroid dienone is 1. The summed E-state index contributed by atoms with van der Waals surface area (Å²) in [5, 5.41) is 0. The zero-order valence-electron chi connectivity index (χ0n) is 13.3. The van der Waals surface area contributed by atoms with Gasteiger partial charge in [-0.15, -0.1) is 0 Å². The molecule has 0 aliphatic heterocycles. The summed E-state index contributed by atoms with van der Waals surface area (Å²) in [7, 11) is 0. The molecule has 0 fully saturated rings. The molecule has 0 radical (unpaired) electrons. The second-order valence-electron chi connectivity index (χ2n) is 5.44. The molecule has 0 amide bonds. The molecule has 24 heavy (non-hydrogen) atoms. The highest BCUT2D eigenvalue weighted by molar-refractivity contribution is 6.09. The quantitative estimate of drug-likeness (QED) is 0.333. The molecule has 0 heterocycles. The van der Waals surface area contributed by atoms with E-state index in [0.717, 1.165) is 16.7 Å². The Bertz CT molecular complexity index is 859. The molecule has 116 valence electrons. The minimum Gasteiger partial charge on any atom is -0.289 e. The Morgan fingerprint density at radius 1 is 0.583 bits per heavy atom. The van der Waals surface area contributed by atoms with Gasteiger partial charge in [-0.25, -0.2) is 0 Å². The van der Waals surface area contributed by atoms with Gasteiger partial charge >= 0.3 is 0 Å². The summed E-state index contributed by atoms with van der Waals surface area (Å²) in [6, 6.07) is 27.6. The second kappa shape index (κ2) is 7.89. The minimum atomic E-state index is 0.00663. The van der Waals surface area contributed by atoms with E-state index in [-0.39, 0.29) is 5.78 Å². The SMILES string of the molecule is O=C(C=Cc1ccccc1)c1ccccc1C=Cc1ccccc1. The van der Waals surface area contributed by atoms with Gasteiger partial charge < -0.3 is 0 Å². The van der Waals surface area contributed by atoms with Crippen LogP contribution in [-0.4, -0.2) is 5.78 Å². The Hall–Kier alpha value is -3.19. The number of hydrogen-bond acceptors (Lipinski definition) is 1. The van der Waals surface area contributed by atoms with Crippen molar-refractivity contribution >= 4 is 24.0 Å². The molecule has 3 rings (SSSR count). The molecule has 0 N–H and O–H groups in total. The molecule has 0 unspecified atom stereocenters. The first-order chi connectivity index (χ1) is 11.8. The lowest BCUT2D eigenvalue weighted by atomic mass is 10.0. The van der Waals surface area contributed by atoms with Crippen molar-refractivity contribution in [1.29, 1.82) is 0 Å². The van der Waals surface area contributed by atoms with Gasteiger partial charge in [0.05, 0.1) is 0 Å². The Morgan fingerprint density at radius 3 is 1.79 bits per heavy atom. The van der Waals surface area contributed by atoms with E-state index in [9.17, 15) is 4.79 Å². The summed E-state index contributed by atoms with van der Waals surface area (Å²) in [5.74, 6) is 0.00663. The summed E-state index contributed by atoms with van der Waals surface area (Å²) in [6.45, 7) is 0. The number of carbonyl (C=O) groups is 1. The average molecular weight is 310 g/mol. The third kappa shape index (κ3) is 4.17. The fraction of sp³-hybridized carbons (Fsp3) is 0. The highest BCUT2D eigenvalue weighted by Crippen LogP contribution is 2.15. The van der Waals surface area contributed by atoms with E-state index in [1.54, 1.807) is 6.08 Å². The van der Waals surface area contributed by atoms with Crippen LogP contribution in [0.5, 0.6) is 0 Å². The Kier molecular flexibility index (Phi) is 5.16. The number of hydrogen-bond donors (Lipinski definition) is 0. The lowest BCUT2D eigenvalue weighted by Crippen LogP contribution is -1.97. The molecule has 0 saturated heterocycles. The van der Waals surface area contributed by atoms with Gasteiger partial charge in [0.1, 0.15) is 0 Å². The van der Waals surface area contributed by atoms with E-state index in [4.69, 9.17) is 0 Å². The van der Waals surface area contributed by atoms with Gasteiger partial charge in [-0.05, 0) is 22.8 Å². The predicted molar refractivity (Wildman–Crippen MR) is 102 cm³/mol. The first-order valence-corrected chi connectivity index (χ1v) is 7.92. The van der Waals surface area contributed by atoms with Gasteiger partial charge in [-0.3, -0.25) is 4.79 Å². The van der Waals surface area contributed by atoms with Gasteiger partial charge in [0, 0.05) is 5.56 Å². The normalized spacial score (nSPS) is 11.2. The number of rotatable bonds is 5. The summed E-state index contributed by atoms with van der Waals surface area (Å²) in [5.41, 5.74) is 3.75. The lowest BCUT2D eigenvalue weighted by molar-refractivity contribution is 0.104. The van der Waals surface area contributed by atoms with Crippen LogP contribution >= 0.6 is 0 Å². The maximum atomic E-state index is 12.5. The molecule has 3 aromatic carbocycles. The topological polar surface area (TPSA) is 17.1 Å². The third-order valence-electron chi connectivity index (χ3n) is 3.71. The zero-order valence-corrected chi connectivity index (χ0v) is 13.3. The van der Waals surface area contributed by atoms with Crippen molar-refractivity contribution in [1.82, 2.24) is 0 Å². The van der Waals surface area contributed by atoms with Crippen molar-refractivity contribution in [2.24, 2.45) is 0 Å². The number of carbonyl (C=O) groups excluding carboxylic acids is 1. The molecule has 1 heteroatoms. The number of ketones is 1. The molecule has 0 aliphatic carbocycles. The molecular weight excluding hydrogens is 292 g/mol. The molecule has 0 bridgehead atoms. The summed E-state index contributed by atoms with van der Waals surface area (Å²) in [4.78, 5) is 12.5. The molecule has 0 saturated carbocycles. The van der Waals surface area contributed by atoms with Crippen molar-refractivity contribution < 1.29 is 4.79 Å². The summed E-state index contributed by atoms with van der Waals surface area (Å²) in [6.07, 6.45) is 7.48. The fourth-order valence-electron chi connectivity index (χ4n) is 2.44. The van der Waals surface area contributed by atoms with Crippen molar-refractivity contribution in [3.8, 4) is 0 Å². The third-order valence-corrected chi connectivity index (χ3v) is 3.71. The first kappa shape index (κ1) is 15.7. The Balaban J connectivity index is 1.82. The van der Waals surface area contributed by atoms with Crippen LogP contribution in [0.25, 0.3) is 18.2 Å². The Morgan fingerprint density at radius 2 is 1.12 bits per heavy atom. The highest BCUT2D eigenvalue weighted by Gasteiger charge is 2.05. The van der Waals surface area contributed by atoms with Crippen LogP contribution in [-0.2, 0) is 0 Å². The van der Waals surface area contributed by atoms with Gasteiger partial charge in [0.15, 0.2) is 5.78 Å². The second-order valence-corrected chi connectivity index (χ2v) is 5.44. The van der Waals surface area contributed by atoms with Crippen molar-refractivity contribution in [2.45, 2.75) is 0 Å². The van der Waals surface area contributed by atoms with E-state index in [1.807, 2.05) is 103 Å². The zero-order chi connectivity index (χ0) is 16.6. The molecule has 0 aromatic heterocycles. The minimum absolute atomic E-state index is 0.00663. The van der Waals surface area contributed by atoms with Crippen LogP contribution < -0.4 is 0 Å². The first-order valence-electron chi connectivity index (χ1n) is 7.92. The maximum Gasteiger partial charge on any atom is 0.186 e. The highest BCUT2D eigenvalue weighted by atomic mass is 16.1. The smallest absolute Gasteiger partial charge is 0.186 e. The van der Waals surface area contributed by atoms with E-state index in [1.165, 1.54) is 0 Å². The summed E-state index contributed by atoms with van der Waals surface area (Å²) < 4.78 is 0. The predicted octanol–water partition coefficient (Wildman–Crippen LogP) is 5.75. The van der Waals surface area contributed by atoms with Crippen LogP contribution in [0, 0.1) is 0 Å². The monoisotopic (exact) mass is 310 g/mol. The van der Waals surface area contributed by atoms with E-state index in [2.05, 4.69) is 0 Å². The van der Waals surface area contributed by atoms with Crippen molar-refractivity contribution in [3.05, 3.63) is 113 Å². The van der Waals surface area contributed by atoms with Crippen molar-refractivity contribution in [2.75, 3.05) is 0 Å². The van der Waals surface area contributed by atoms with Crippen LogP contribution in [0.3, 0.4) is 0 Å². The largest absolute Gasteiger partial charge is 0.289 e. The van der Waals surface area contributed by atoms with Crippen LogP contribution in [0.2, 0.25) is 0 Å². The molecule has 0 atom stereocenters. The van der Waals surface area contributed by atoms with Crippen molar-refractivity contribution in [3.63, 3.8) is 0 Å². The van der Waals surface area contributed by atoms with Crippen LogP contribution in [0.1, 0.15) is 27.0 Å². The molecular formula is C23H18O. The lowest BCUT2D eigenvalue weighted by Gasteiger charge is -2.02. The molecule has 0 spiro atoms. The van der Waals surface area contributed by atoms with Gasteiger partial charge in [-0.2, -0.15) is 0 Å². The van der Waals surface area contributed by atoms with Gasteiger partial charge in [0.25, 0.3) is 0 Å². The average Bonchev–Trinajstić information content (AvgIpc) is 2.66. The van der Waals surface area contributed by atoms with E-state index >= 15 is 0 Å². The van der Waals surface area contributed by atoms with E-state index < -0.39 is 0 Å². The molecule has 3 aromatic rings. The number of benzene rings is 3. The standard InChI is InChI=1S/C23H18O/c24-23(18-16-20-11-5-2-6-12-20)22-14-8-7-13-21(22)17-15-19-9-3-1-4-10-19/h1-18H.